The van der Waals surface area contributed by atoms with Crippen LogP contribution < -0.4 is 5.73 Å². The molecule has 0 saturated heterocycles. The van der Waals surface area contributed by atoms with Crippen molar-refractivity contribution < 1.29 is 9.59 Å². The highest BCUT2D eigenvalue weighted by Crippen LogP contribution is 2.24. The molecule has 19 heavy (non-hydrogen) atoms. The second-order valence-corrected chi connectivity index (χ2v) is 5.89. The minimum atomic E-state index is -0.512. The lowest BCUT2D eigenvalue weighted by atomic mass is 9.96. The van der Waals surface area contributed by atoms with Crippen LogP contribution in [0, 0.1) is 5.92 Å². The molecule has 0 aliphatic heterocycles. The number of hydrogen-bond acceptors (Lipinski definition) is 3. The van der Waals surface area contributed by atoms with E-state index in [0.717, 1.165) is 12.8 Å². The Kier molecular flexibility index (Phi) is 7.96. The maximum Gasteiger partial charge on any atom is 0.215 e. The van der Waals surface area contributed by atoms with Crippen molar-refractivity contribution >= 4 is 11.6 Å². The number of carbonyl (C=O) groups is 2. The fraction of sp³-hybridized carbons (Fsp3) is 0.875. The van der Waals surface area contributed by atoms with E-state index in [1.165, 1.54) is 51.4 Å². The first-order valence-electron chi connectivity index (χ1n) is 7.99. The largest absolute Gasteiger partial charge is 0.321 e. The van der Waals surface area contributed by atoms with Crippen LogP contribution in [0.4, 0.5) is 0 Å². The Morgan fingerprint density at radius 1 is 0.947 bits per heavy atom. The van der Waals surface area contributed by atoms with Crippen molar-refractivity contribution in [1.82, 2.24) is 0 Å². The lowest BCUT2D eigenvalue weighted by Gasteiger charge is -2.12. The van der Waals surface area contributed by atoms with E-state index < -0.39 is 6.04 Å². The molecular weight excluding hydrogens is 238 g/mol. The highest BCUT2D eigenvalue weighted by Gasteiger charge is 2.37. The Balaban J connectivity index is 1.94. The Hall–Kier alpha value is -0.700. The Bertz CT molecular complexity index is 288. The Morgan fingerprint density at radius 2 is 1.47 bits per heavy atom. The predicted molar refractivity (Wildman–Crippen MR) is 77.9 cm³/mol. The summed E-state index contributed by atoms with van der Waals surface area (Å²) < 4.78 is 0. The molecule has 0 bridgehead atoms. The van der Waals surface area contributed by atoms with E-state index in [9.17, 15) is 9.59 Å². The zero-order valence-corrected chi connectivity index (χ0v) is 12.3. The molecular formula is C16H29NO2. The topological polar surface area (TPSA) is 60.2 Å². The van der Waals surface area contributed by atoms with Gasteiger partial charge in [-0.1, -0.05) is 64.7 Å². The van der Waals surface area contributed by atoms with Crippen molar-refractivity contribution in [1.29, 1.82) is 0 Å². The number of carbonyl (C=O) groups excluding carboxylic acids is 2. The summed E-state index contributed by atoms with van der Waals surface area (Å²) in [4.78, 5) is 22.5. The Morgan fingerprint density at radius 3 is 1.95 bits per heavy atom. The van der Waals surface area contributed by atoms with Crippen molar-refractivity contribution in [3.63, 3.8) is 0 Å². The molecule has 1 fully saturated rings. The number of nitrogens with two attached hydrogens (primary N) is 1. The number of rotatable bonds is 10. The number of Topliss-reactive ketones (excluding diaryl/α,β-unsaturated/α-hetero) is 2. The van der Waals surface area contributed by atoms with E-state index in [1.807, 2.05) is 0 Å². The standard InChI is InChI=1S/C16H29NO2/c1-2-3-4-5-6-7-8-9-10-11-13-12-14(18)16(19)15(13)17/h13,15H,2-12,17H2,1H3. The Labute approximate surface area is 117 Å². The van der Waals surface area contributed by atoms with Gasteiger partial charge >= 0.3 is 0 Å². The van der Waals surface area contributed by atoms with Crippen LogP contribution in [0.3, 0.4) is 0 Å². The number of ketones is 2. The lowest BCUT2D eigenvalue weighted by Crippen LogP contribution is -2.32. The maximum absolute atomic E-state index is 11.3. The molecule has 0 aromatic rings. The summed E-state index contributed by atoms with van der Waals surface area (Å²) in [5, 5.41) is 0. The van der Waals surface area contributed by atoms with Crippen molar-refractivity contribution in [2.75, 3.05) is 0 Å². The van der Waals surface area contributed by atoms with Crippen LogP contribution in [0.2, 0.25) is 0 Å². The molecule has 3 heteroatoms. The molecule has 1 rings (SSSR count). The highest BCUT2D eigenvalue weighted by atomic mass is 16.2. The van der Waals surface area contributed by atoms with Gasteiger partial charge in [-0.2, -0.15) is 0 Å². The molecule has 110 valence electrons. The van der Waals surface area contributed by atoms with Gasteiger partial charge in [0, 0.05) is 6.42 Å². The van der Waals surface area contributed by atoms with Gasteiger partial charge in [0.05, 0.1) is 6.04 Å². The first kappa shape index (κ1) is 16.4. The van der Waals surface area contributed by atoms with Crippen molar-refractivity contribution in [2.24, 2.45) is 11.7 Å². The van der Waals surface area contributed by atoms with Crippen LogP contribution >= 0.6 is 0 Å². The quantitative estimate of drug-likeness (QED) is 0.487. The average molecular weight is 267 g/mol. The zero-order chi connectivity index (χ0) is 14.1. The molecule has 2 atom stereocenters. The van der Waals surface area contributed by atoms with E-state index >= 15 is 0 Å². The van der Waals surface area contributed by atoms with Crippen LogP contribution in [-0.4, -0.2) is 17.6 Å². The first-order valence-corrected chi connectivity index (χ1v) is 7.99. The highest BCUT2D eigenvalue weighted by molar-refractivity contribution is 6.41. The molecule has 0 heterocycles. The lowest BCUT2D eigenvalue weighted by molar-refractivity contribution is -0.134. The van der Waals surface area contributed by atoms with Gasteiger partial charge in [0.1, 0.15) is 0 Å². The fourth-order valence-electron chi connectivity index (χ4n) is 2.86. The van der Waals surface area contributed by atoms with Crippen molar-refractivity contribution in [2.45, 2.75) is 83.6 Å². The molecule has 2 N–H and O–H groups in total. The molecule has 0 spiro atoms. The molecule has 0 aromatic heterocycles. The average Bonchev–Trinajstić information content (AvgIpc) is 2.64. The first-order chi connectivity index (χ1) is 9.16. The zero-order valence-electron chi connectivity index (χ0n) is 12.3. The minimum absolute atomic E-state index is 0.115. The second-order valence-electron chi connectivity index (χ2n) is 5.89. The maximum atomic E-state index is 11.3. The van der Waals surface area contributed by atoms with Gasteiger partial charge < -0.3 is 5.73 Å². The fourth-order valence-corrected chi connectivity index (χ4v) is 2.86. The SMILES string of the molecule is CCCCCCCCCCCC1CC(=O)C(=O)C1N. The van der Waals surface area contributed by atoms with Crippen LogP contribution in [-0.2, 0) is 9.59 Å². The summed E-state index contributed by atoms with van der Waals surface area (Å²) in [6.45, 7) is 2.24. The van der Waals surface area contributed by atoms with Gasteiger partial charge in [-0.15, -0.1) is 0 Å². The number of unbranched alkanes of at least 4 members (excludes halogenated alkanes) is 8. The van der Waals surface area contributed by atoms with E-state index in [4.69, 9.17) is 5.73 Å². The third-order valence-electron chi connectivity index (χ3n) is 4.21. The molecule has 1 aliphatic rings. The third kappa shape index (κ3) is 5.85. The summed E-state index contributed by atoms with van der Waals surface area (Å²) in [7, 11) is 0. The predicted octanol–water partition coefficient (Wildman–Crippen LogP) is 3.39. The van der Waals surface area contributed by atoms with Crippen LogP contribution in [0.25, 0.3) is 0 Å². The van der Waals surface area contributed by atoms with Crippen LogP contribution in [0.1, 0.15) is 77.6 Å². The molecule has 2 unspecified atom stereocenters. The smallest absolute Gasteiger partial charge is 0.215 e. The summed E-state index contributed by atoms with van der Waals surface area (Å²) in [5.41, 5.74) is 5.75. The van der Waals surface area contributed by atoms with Gasteiger partial charge in [0.2, 0.25) is 5.78 Å². The molecule has 3 nitrogen and oxygen atoms in total. The molecule has 0 amide bonds. The van der Waals surface area contributed by atoms with Crippen molar-refractivity contribution in [3.05, 3.63) is 0 Å². The van der Waals surface area contributed by atoms with Gasteiger partial charge in [0.25, 0.3) is 0 Å². The van der Waals surface area contributed by atoms with E-state index in [2.05, 4.69) is 6.92 Å². The van der Waals surface area contributed by atoms with Crippen LogP contribution in [0.15, 0.2) is 0 Å². The summed E-state index contributed by atoms with van der Waals surface area (Å²) >= 11 is 0. The summed E-state index contributed by atoms with van der Waals surface area (Å²) in [6.07, 6.45) is 13.0. The molecule has 1 saturated carbocycles. The van der Waals surface area contributed by atoms with E-state index in [1.54, 1.807) is 0 Å². The van der Waals surface area contributed by atoms with Gasteiger partial charge in [0.15, 0.2) is 5.78 Å². The third-order valence-corrected chi connectivity index (χ3v) is 4.21. The van der Waals surface area contributed by atoms with Crippen molar-refractivity contribution in [3.8, 4) is 0 Å². The van der Waals surface area contributed by atoms with E-state index in [0.29, 0.717) is 6.42 Å². The summed E-state index contributed by atoms with van der Waals surface area (Å²) in [5.74, 6) is -0.487. The van der Waals surface area contributed by atoms with Crippen LogP contribution in [0.5, 0.6) is 0 Å². The second kappa shape index (κ2) is 9.24. The van der Waals surface area contributed by atoms with Gasteiger partial charge in [-0.05, 0) is 12.3 Å². The molecule has 0 radical (unpaired) electrons. The minimum Gasteiger partial charge on any atom is -0.321 e. The monoisotopic (exact) mass is 267 g/mol. The molecule has 0 aromatic carbocycles. The molecule has 1 aliphatic carbocycles. The number of hydrogen-bond donors (Lipinski definition) is 1. The van der Waals surface area contributed by atoms with E-state index in [-0.39, 0.29) is 17.5 Å². The normalized spacial score (nSPS) is 23.3. The van der Waals surface area contributed by atoms with Gasteiger partial charge in [-0.3, -0.25) is 9.59 Å². The van der Waals surface area contributed by atoms with Gasteiger partial charge in [-0.25, -0.2) is 0 Å². The summed E-state index contributed by atoms with van der Waals surface area (Å²) in [6, 6.07) is -0.512.